The Morgan fingerprint density at radius 2 is 2.03 bits per heavy atom. The van der Waals surface area contributed by atoms with Gasteiger partial charge in [0.1, 0.15) is 11.7 Å². The number of fused-ring (bicyclic) bond motifs is 1. The maximum Gasteiger partial charge on any atom is 0.416 e. The molecular weight excluding hydrogens is 403 g/mol. The molecule has 2 aromatic rings. The van der Waals surface area contributed by atoms with Gasteiger partial charge in [-0.15, -0.1) is 11.3 Å². The number of thiazole rings is 1. The predicted octanol–water partition coefficient (Wildman–Crippen LogP) is 3.86. The highest BCUT2D eigenvalue weighted by Crippen LogP contribution is 2.43. The molecule has 4 rings (SSSR count). The van der Waals surface area contributed by atoms with Gasteiger partial charge < -0.3 is 10.6 Å². The van der Waals surface area contributed by atoms with Crippen LogP contribution in [0.25, 0.3) is 10.4 Å². The SMILES string of the molecule is Cc1nc(C(=O)N2C[C@@H]3CCC[C@@H]3[C@H]2C(N)=O)c(-c2cccc(C(F)(F)F)c2)s1. The van der Waals surface area contributed by atoms with Crippen LogP contribution < -0.4 is 5.73 Å². The van der Waals surface area contributed by atoms with Gasteiger partial charge in [0.25, 0.3) is 5.91 Å². The van der Waals surface area contributed by atoms with Crippen LogP contribution in [-0.2, 0) is 11.0 Å². The number of aromatic nitrogens is 1. The van der Waals surface area contributed by atoms with Crippen LogP contribution in [0.15, 0.2) is 24.3 Å². The highest BCUT2D eigenvalue weighted by atomic mass is 32.1. The zero-order chi connectivity index (χ0) is 20.9. The lowest BCUT2D eigenvalue weighted by Crippen LogP contribution is -2.46. The van der Waals surface area contributed by atoms with E-state index in [9.17, 15) is 22.8 Å². The molecular formula is C20H20F3N3O2S. The van der Waals surface area contributed by atoms with Gasteiger partial charge in [-0.05, 0) is 49.3 Å². The van der Waals surface area contributed by atoms with Crippen LogP contribution in [0.1, 0.15) is 40.3 Å². The van der Waals surface area contributed by atoms with E-state index in [2.05, 4.69) is 4.98 Å². The molecule has 0 unspecified atom stereocenters. The normalized spacial score (nSPS) is 24.0. The fourth-order valence-corrected chi connectivity index (χ4v) is 5.53. The van der Waals surface area contributed by atoms with Crippen molar-refractivity contribution >= 4 is 23.2 Å². The van der Waals surface area contributed by atoms with Crippen LogP contribution >= 0.6 is 11.3 Å². The first-order chi connectivity index (χ1) is 13.7. The Kier molecular flexibility index (Phi) is 4.88. The average molecular weight is 423 g/mol. The van der Waals surface area contributed by atoms with Gasteiger partial charge in [0.15, 0.2) is 0 Å². The number of nitrogens with zero attached hydrogens (tertiary/aromatic N) is 2. The van der Waals surface area contributed by atoms with E-state index in [1.165, 1.54) is 17.0 Å². The van der Waals surface area contributed by atoms with Gasteiger partial charge >= 0.3 is 6.18 Å². The smallest absolute Gasteiger partial charge is 0.368 e. The molecule has 1 aliphatic carbocycles. The van der Waals surface area contributed by atoms with E-state index in [1.54, 1.807) is 6.92 Å². The summed E-state index contributed by atoms with van der Waals surface area (Å²) in [6, 6.07) is 4.17. The standard InChI is InChI=1S/C20H20F3N3O2S/c1-10-25-15(17(29-10)11-4-2-6-13(8-11)20(21,22)23)19(28)26-9-12-5-3-7-14(12)16(26)18(24)27/h2,4,6,8,12,14,16H,3,5,7,9H2,1H3,(H2,24,27)/t12-,14-,16-/m0/s1. The lowest BCUT2D eigenvalue weighted by Gasteiger charge is -2.25. The number of alkyl halides is 3. The highest BCUT2D eigenvalue weighted by Gasteiger charge is 2.49. The first-order valence-electron chi connectivity index (χ1n) is 9.42. The molecule has 2 N–H and O–H groups in total. The quantitative estimate of drug-likeness (QED) is 0.814. The van der Waals surface area contributed by atoms with E-state index in [-0.39, 0.29) is 23.1 Å². The second-order valence-corrected chi connectivity index (χ2v) is 8.85. The van der Waals surface area contributed by atoms with Crippen LogP contribution in [0.5, 0.6) is 0 Å². The number of carbonyl (C=O) groups is 2. The summed E-state index contributed by atoms with van der Waals surface area (Å²) in [5.74, 6) is -0.707. The van der Waals surface area contributed by atoms with Gasteiger partial charge in [-0.1, -0.05) is 18.6 Å². The molecule has 29 heavy (non-hydrogen) atoms. The van der Waals surface area contributed by atoms with Crippen LogP contribution in [0.2, 0.25) is 0 Å². The van der Waals surface area contributed by atoms with Crippen molar-refractivity contribution in [1.82, 2.24) is 9.88 Å². The van der Waals surface area contributed by atoms with E-state index in [4.69, 9.17) is 5.73 Å². The van der Waals surface area contributed by atoms with Crippen LogP contribution in [0, 0.1) is 18.8 Å². The van der Waals surface area contributed by atoms with Gasteiger partial charge in [-0.2, -0.15) is 13.2 Å². The van der Waals surface area contributed by atoms with Crippen molar-refractivity contribution in [2.45, 2.75) is 38.4 Å². The summed E-state index contributed by atoms with van der Waals surface area (Å²) in [6.45, 7) is 2.12. The summed E-state index contributed by atoms with van der Waals surface area (Å²) in [7, 11) is 0. The van der Waals surface area contributed by atoms with Crippen molar-refractivity contribution in [2.24, 2.45) is 17.6 Å². The van der Waals surface area contributed by atoms with E-state index in [0.717, 1.165) is 42.7 Å². The Hall–Kier alpha value is -2.42. The summed E-state index contributed by atoms with van der Waals surface area (Å²) in [5, 5.41) is 0.566. The molecule has 2 fully saturated rings. The Morgan fingerprint density at radius 1 is 1.28 bits per heavy atom. The minimum Gasteiger partial charge on any atom is -0.368 e. The number of aryl methyl sites for hydroxylation is 1. The number of carbonyl (C=O) groups excluding carboxylic acids is 2. The minimum absolute atomic E-state index is 0.0492. The van der Waals surface area contributed by atoms with Gasteiger partial charge in [0.05, 0.1) is 15.4 Å². The molecule has 2 amide bonds. The van der Waals surface area contributed by atoms with Gasteiger partial charge in [-0.25, -0.2) is 4.98 Å². The first kappa shape index (κ1) is 19.9. The van der Waals surface area contributed by atoms with Crippen molar-refractivity contribution in [3.05, 3.63) is 40.5 Å². The molecule has 3 atom stereocenters. The number of hydrogen-bond acceptors (Lipinski definition) is 4. The third kappa shape index (κ3) is 3.52. The molecule has 9 heteroatoms. The molecule has 2 aliphatic rings. The molecule has 0 spiro atoms. The van der Waals surface area contributed by atoms with Crippen molar-refractivity contribution in [3.63, 3.8) is 0 Å². The summed E-state index contributed by atoms with van der Waals surface area (Å²) >= 11 is 1.16. The Labute approximate surface area is 169 Å². The Morgan fingerprint density at radius 3 is 2.72 bits per heavy atom. The first-order valence-corrected chi connectivity index (χ1v) is 10.2. The number of rotatable bonds is 3. The molecule has 1 aliphatic heterocycles. The van der Waals surface area contributed by atoms with Crippen molar-refractivity contribution < 1.29 is 22.8 Å². The zero-order valence-corrected chi connectivity index (χ0v) is 16.5. The molecule has 2 heterocycles. The minimum atomic E-state index is -4.48. The number of amides is 2. The number of halogens is 3. The van der Waals surface area contributed by atoms with E-state index in [0.29, 0.717) is 16.4 Å². The maximum atomic E-state index is 13.3. The molecule has 1 aromatic heterocycles. The molecule has 1 saturated carbocycles. The monoisotopic (exact) mass is 423 g/mol. The summed E-state index contributed by atoms with van der Waals surface area (Å²) < 4.78 is 39.4. The fourth-order valence-electron chi connectivity index (χ4n) is 4.62. The lowest BCUT2D eigenvalue weighted by atomic mass is 9.93. The maximum absolute atomic E-state index is 13.3. The van der Waals surface area contributed by atoms with Crippen molar-refractivity contribution in [1.29, 1.82) is 0 Å². The number of nitrogens with two attached hydrogens (primary N) is 1. The third-order valence-electron chi connectivity index (χ3n) is 5.83. The van der Waals surface area contributed by atoms with Gasteiger partial charge in [-0.3, -0.25) is 9.59 Å². The van der Waals surface area contributed by atoms with E-state index < -0.39 is 29.6 Å². The third-order valence-corrected chi connectivity index (χ3v) is 6.85. The van der Waals surface area contributed by atoms with Crippen LogP contribution in [0.4, 0.5) is 13.2 Å². The lowest BCUT2D eigenvalue weighted by molar-refractivity contribution is -0.137. The molecule has 0 bridgehead atoms. The number of benzene rings is 1. The van der Waals surface area contributed by atoms with Gasteiger partial charge in [0.2, 0.25) is 5.91 Å². The predicted molar refractivity (Wildman–Crippen MR) is 102 cm³/mol. The topological polar surface area (TPSA) is 76.3 Å². The number of likely N-dealkylation sites (tertiary alicyclic amines) is 1. The fraction of sp³-hybridized carbons (Fsp3) is 0.450. The second kappa shape index (κ2) is 7.12. The largest absolute Gasteiger partial charge is 0.416 e. The van der Waals surface area contributed by atoms with Crippen LogP contribution in [0.3, 0.4) is 0 Å². The molecule has 0 radical (unpaired) electrons. The Balaban J connectivity index is 1.72. The van der Waals surface area contributed by atoms with E-state index in [1.807, 2.05) is 0 Å². The molecule has 1 aromatic carbocycles. The number of hydrogen-bond donors (Lipinski definition) is 1. The average Bonchev–Trinajstić information content (AvgIpc) is 3.33. The molecule has 1 saturated heterocycles. The summed E-state index contributed by atoms with van der Waals surface area (Å²) in [6.07, 6.45) is -1.69. The molecule has 154 valence electrons. The second-order valence-electron chi connectivity index (χ2n) is 7.65. The zero-order valence-electron chi connectivity index (χ0n) is 15.7. The van der Waals surface area contributed by atoms with Crippen molar-refractivity contribution in [3.8, 4) is 10.4 Å². The van der Waals surface area contributed by atoms with Crippen LogP contribution in [-0.4, -0.2) is 34.3 Å². The summed E-state index contributed by atoms with van der Waals surface area (Å²) in [4.78, 5) is 31.6. The summed E-state index contributed by atoms with van der Waals surface area (Å²) in [5.41, 5.74) is 5.18. The van der Waals surface area contributed by atoms with E-state index >= 15 is 0 Å². The molecule has 5 nitrogen and oxygen atoms in total. The highest BCUT2D eigenvalue weighted by molar-refractivity contribution is 7.15. The van der Waals surface area contributed by atoms with Crippen molar-refractivity contribution in [2.75, 3.05) is 6.54 Å². The Bertz CT molecular complexity index is 972. The number of primary amides is 1. The van der Waals surface area contributed by atoms with Gasteiger partial charge in [0, 0.05) is 6.54 Å².